The van der Waals surface area contributed by atoms with Gasteiger partial charge in [-0.3, -0.25) is 9.69 Å². The zero-order valence-corrected chi connectivity index (χ0v) is 14.1. The Morgan fingerprint density at radius 3 is 3.00 bits per heavy atom. The average molecular weight is 333 g/mol. The van der Waals surface area contributed by atoms with Crippen LogP contribution in [0.15, 0.2) is 23.6 Å². The maximum Gasteiger partial charge on any atom is 0.242 e. The van der Waals surface area contributed by atoms with Crippen LogP contribution >= 0.6 is 11.3 Å². The van der Waals surface area contributed by atoms with Crippen LogP contribution in [-0.4, -0.2) is 28.9 Å². The first-order valence-electron chi connectivity index (χ1n) is 7.79. The van der Waals surface area contributed by atoms with E-state index in [1.165, 1.54) is 12.1 Å². The minimum atomic E-state index is -0.392. The Labute approximate surface area is 139 Å². The van der Waals surface area contributed by atoms with Crippen LogP contribution in [0.1, 0.15) is 34.8 Å². The molecule has 1 saturated heterocycles. The Morgan fingerprint density at radius 1 is 1.48 bits per heavy atom. The number of aromatic nitrogens is 1. The second-order valence-corrected chi connectivity index (χ2v) is 6.69. The number of benzene rings is 1. The van der Waals surface area contributed by atoms with Crippen molar-refractivity contribution in [3.8, 4) is 0 Å². The molecular formula is C17H20FN3OS. The lowest BCUT2D eigenvalue weighted by molar-refractivity contribution is -0.129. The third-order valence-corrected chi connectivity index (χ3v) is 5.15. The van der Waals surface area contributed by atoms with Gasteiger partial charge >= 0.3 is 0 Å². The number of nitrogens with zero attached hydrogens (tertiary/aromatic N) is 2. The molecule has 2 aromatic rings. The molecular weight excluding hydrogens is 313 g/mol. The molecule has 0 aliphatic carbocycles. The Balaban J connectivity index is 1.88. The third-order valence-electron chi connectivity index (χ3n) is 4.11. The summed E-state index contributed by atoms with van der Waals surface area (Å²) in [4.78, 5) is 19.1. The van der Waals surface area contributed by atoms with Crippen LogP contribution in [-0.2, 0) is 17.8 Å². The summed E-state index contributed by atoms with van der Waals surface area (Å²) in [5.41, 5.74) is 2.64. The summed E-state index contributed by atoms with van der Waals surface area (Å²) in [5, 5.41) is 6.08. The number of piperazine rings is 1. The van der Waals surface area contributed by atoms with Crippen LogP contribution in [0.3, 0.4) is 0 Å². The largest absolute Gasteiger partial charge is 0.353 e. The molecule has 23 heavy (non-hydrogen) atoms. The zero-order chi connectivity index (χ0) is 16.4. The van der Waals surface area contributed by atoms with E-state index in [0.717, 1.165) is 34.8 Å². The highest BCUT2D eigenvalue weighted by Gasteiger charge is 2.32. The molecule has 1 aliphatic rings. The van der Waals surface area contributed by atoms with Gasteiger partial charge in [-0.2, -0.15) is 0 Å². The van der Waals surface area contributed by atoms with Gasteiger partial charge in [0.25, 0.3) is 0 Å². The molecule has 0 spiro atoms. The summed E-state index contributed by atoms with van der Waals surface area (Å²) in [6, 6.07) is 4.22. The molecule has 1 atom stereocenters. The molecule has 1 fully saturated rings. The highest BCUT2D eigenvalue weighted by atomic mass is 32.1. The number of thiazole rings is 1. The topological polar surface area (TPSA) is 45.2 Å². The quantitative estimate of drug-likeness (QED) is 0.936. The number of hydrogen-bond acceptors (Lipinski definition) is 4. The molecule has 1 aliphatic heterocycles. The van der Waals surface area contributed by atoms with E-state index in [0.29, 0.717) is 13.1 Å². The van der Waals surface area contributed by atoms with Gasteiger partial charge in [0, 0.05) is 25.0 Å². The summed E-state index contributed by atoms with van der Waals surface area (Å²) in [7, 11) is 0. The Morgan fingerprint density at radius 2 is 2.30 bits per heavy atom. The normalized spacial score (nSPS) is 18.9. The molecule has 4 nitrogen and oxygen atoms in total. The predicted octanol–water partition coefficient (Wildman–Crippen LogP) is 2.83. The first kappa shape index (κ1) is 16.1. The van der Waals surface area contributed by atoms with E-state index in [1.807, 2.05) is 6.92 Å². The van der Waals surface area contributed by atoms with Gasteiger partial charge in [-0.1, -0.05) is 13.0 Å². The van der Waals surface area contributed by atoms with E-state index in [-0.39, 0.29) is 11.7 Å². The summed E-state index contributed by atoms with van der Waals surface area (Å²) < 4.78 is 13.4. The number of aryl methyl sites for hydroxylation is 2. The lowest BCUT2D eigenvalue weighted by Crippen LogP contribution is -2.49. The van der Waals surface area contributed by atoms with Gasteiger partial charge in [-0.05, 0) is 36.6 Å². The molecule has 1 unspecified atom stereocenters. The molecule has 1 amide bonds. The zero-order valence-electron chi connectivity index (χ0n) is 13.3. The molecule has 0 radical (unpaired) electrons. The SMILES string of the molecule is CCc1nc(CN2CCNC(=O)C2c2ccc(F)cc2C)cs1. The molecule has 1 N–H and O–H groups in total. The number of amides is 1. The number of hydrogen-bond donors (Lipinski definition) is 1. The predicted molar refractivity (Wildman–Crippen MR) is 88.8 cm³/mol. The molecule has 0 saturated carbocycles. The lowest BCUT2D eigenvalue weighted by atomic mass is 9.97. The van der Waals surface area contributed by atoms with Crippen molar-refractivity contribution in [2.45, 2.75) is 32.9 Å². The van der Waals surface area contributed by atoms with Crippen molar-refractivity contribution in [2.75, 3.05) is 13.1 Å². The number of nitrogens with one attached hydrogen (secondary N) is 1. The van der Waals surface area contributed by atoms with Crippen molar-refractivity contribution in [3.05, 3.63) is 51.2 Å². The van der Waals surface area contributed by atoms with E-state index in [9.17, 15) is 9.18 Å². The molecule has 0 bridgehead atoms. The summed E-state index contributed by atoms with van der Waals surface area (Å²) in [5.74, 6) is -0.307. The van der Waals surface area contributed by atoms with Crippen molar-refractivity contribution < 1.29 is 9.18 Å². The third kappa shape index (κ3) is 3.43. The van der Waals surface area contributed by atoms with Crippen LogP contribution < -0.4 is 5.32 Å². The van der Waals surface area contributed by atoms with Gasteiger partial charge in [0.2, 0.25) is 5.91 Å². The fraction of sp³-hybridized carbons (Fsp3) is 0.412. The van der Waals surface area contributed by atoms with Crippen LogP contribution in [0, 0.1) is 12.7 Å². The molecule has 3 rings (SSSR count). The smallest absolute Gasteiger partial charge is 0.242 e. The van der Waals surface area contributed by atoms with E-state index in [1.54, 1.807) is 17.4 Å². The van der Waals surface area contributed by atoms with E-state index < -0.39 is 6.04 Å². The van der Waals surface area contributed by atoms with Crippen molar-refractivity contribution in [2.24, 2.45) is 0 Å². The van der Waals surface area contributed by atoms with Crippen molar-refractivity contribution in [3.63, 3.8) is 0 Å². The Kier molecular flexibility index (Phi) is 4.73. The van der Waals surface area contributed by atoms with Gasteiger partial charge in [-0.15, -0.1) is 11.3 Å². The maximum absolute atomic E-state index is 13.4. The number of carbonyl (C=O) groups excluding carboxylic acids is 1. The van der Waals surface area contributed by atoms with Crippen molar-refractivity contribution in [1.82, 2.24) is 15.2 Å². The fourth-order valence-electron chi connectivity index (χ4n) is 2.96. The first-order valence-corrected chi connectivity index (χ1v) is 8.67. The summed E-state index contributed by atoms with van der Waals surface area (Å²) in [6.07, 6.45) is 0.922. The number of halogens is 1. The highest BCUT2D eigenvalue weighted by Crippen LogP contribution is 2.28. The van der Waals surface area contributed by atoms with E-state index >= 15 is 0 Å². The maximum atomic E-state index is 13.4. The fourth-order valence-corrected chi connectivity index (χ4v) is 3.70. The average Bonchev–Trinajstić information content (AvgIpc) is 2.96. The van der Waals surface area contributed by atoms with Crippen LogP contribution in [0.4, 0.5) is 4.39 Å². The second-order valence-electron chi connectivity index (χ2n) is 5.75. The van der Waals surface area contributed by atoms with Gasteiger partial charge in [0.05, 0.1) is 10.7 Å². The monoisotopic (exact) mass is 333 g/mol. The molecule has 1 aromatic heterocycles. The van der Waals surface area contributed by atoms with Gasteiger partial charge in [0.15, 0.2) is 0 Å². The highest BCUT2D eigenvalue weighted by molar-refractivity contribution is 7.09. The van der Waals surface area contributed by atoms with Crippen LogP contribution in [0.2, 0.25) is 0 Å². The Bertz CT molecular complexity index is 716. The van der Waals surface area contributed by atoms with Gasteiger partial charge in [0.1, 0.15) is 11.9 Å². The standard InChI is InChI=1S/C17H20FN3OS/c1-3-15-20-13(10-23-15)9-21-7-6-19-17(22)16(21)14-5-4-12(18)8-11(14)2/h4-5,8,10,16H,3,6-7,9H2,1-2H3,(H,19,22). The van der Waals surface area contributed by atoms with E-state index in [4.69, 9.17) is 0 Å². The van der Waals surface area contributed by atoms with Crippen LogP contribution in [0.25, 0.3) is 0 Å². The second kappa shape index (κ2) is 6.76. The van der Waals surface area contributed by atoms with Crippen molar-refractivity contribution >= 4 is 17.2 Å². The molecule has 2 heterocycles. The molecule has 1 aromatic carbocycles. The minimum absolute atomic E-state index is 0.0306. The first-order chi connectivity index (χ1) is 11.1. The van der Waals surface area contributed by atoms with Gasteiger partial charge < -0.3 is 5.32 Å². The van der Waals surface area contributed by atoms with Gasteiger partial charge in [-0.25, -0.2) is 9.37 Å². The number of rotatable bonds is 4. The van der Waals surface area contributed by atoms with E-state index in [2.05, 4.69) is 27.5 Å². The van der Waals surface area contributed by atoms with Crippen molar-refractivity contribution in [1.29, 1.82) is 0 Å². The summed E-state index contributed by atoms with van der Waals surface area (Å²) in [6.45, 7) is 5.94. The minimum Gasteiger partial charge on any atom is -0.353 e. The lowest BCUT2D eigenvalue weighted by Gasteiger charge is -2.35. The van der Waals surface area contributed by atoms with Crippen LogP contribution in [0.5, 0.6) is 0 Å². The Hall–Kier alpha value is -1.79. The number of carbonyl (C=O) groups is 1. The summed E-state index contributed by atoms with van der Waals surface area (Å²) >= 11 is 1.65. The molecule has 6 heteroatoms. The molecule has 122 valence electrons.